The molecule has 24 heavy (non-hydrogen) atoms. The van der Waals surface area contributed by atoms with E-state index in [2.05, 4.69) is 17.6 Å². The molecule has 2 amide bonds. The molecule has 0 bridgehead atoms. The highest BCUT2D eigenvalue weighted by Gasteiger charge is 2.08. The van der Waals surface area contributed by atoms with Gasteiger partial charge in [-0.25, -0.2) is 0 Å². The molecule has 2 aromatic rings. The highest BCUT2D eigenvalue weighted by Crippen LogP contribution is 2.15. The Bertz CT molecular complexity index is 709. The first kappa shape index (κ1) is 17.5. The summed E-state index contributed by atoms with van der Waals surface area (Å²) in [5.74, 6) is -0.196. The van der Waals surface area contributed by atoms with Crippen molar-refractivity contribution in [2.45, 2.75) is 13.3 Å². The standard InChI is InChI=1S/C19H23N3O2/c1-4-14-7-5-6-8-17(14)20-13-18(23)21-16-11-9-15(10-12-16)19(24)22(2)3/h5-12,20H,4,13H2,1-3H3,(H,21,23). The molecule has 0 spiro atoms. The molecular weight excluding hydrogens is 302 g/mol. The van der Waals surface area contributed by atoms with Crippen LogP contribution in [0.5, 0.6) is 0 Å². The number of carbonyl (C=O) groups excluding carboxylic acids is 2. The van der Waals surface area contributed by atoms with Gasteiger partial charge in [0.15, 0.2) is 0 Å². The van der Waals surface area contributed by atoms with Crippen molar-refractivity contribution in [3.8, 4) is 0 Å². The molecular formula is C19H23N3O2. The summed E-state index contributed by atoms with van der Waals surface area (Å²) in [6.07, 6.45) is 0.909. The molecule has 2 rings (SSSR count). The molecule has 0 fully saturated rings. The predicted octanol–water partition coefficient (Wildman–Crippen LogP) is 3.00. The second kappa shape index (κ2) is 8.15. The summed E-state index contributed by atoms with van der Waals surface area (Å²) in [5, 5.41) is 5.97. The Balaban J connectivity index is 1.91. The molecule has 0 aliphatic rings. The van der Waals surface area contributed by atoms with Gasteiger partial charge < -0.3 is 15.5 Å². The lowest BCUT2D eigenvalue weighted by molar-refractivity contribution is -0.114. The number of hydrogen-bond donors (Lipinski definition) is 2. The van der Waals surface area contributed by atoms with Crippen molar-refractivity contribution in [3.05, 3.63) is 59.7 Å². The van der Waals surface area contributed by atoms with Gasteiger partial charge in [0, 0.05) is 31.0 Å². The molecule has 0 saturated carbocycles. The monoisotopic (exact) mass is 325 g/mol. The van der Waals surface area contributed by atoms with Gasteiger partial charge in [-0.1, -0.05) is 25.1 Å². The summed E-state index contributed by atoms with van der Waals surface area (Å²) in [4.78, 5) is 25.4. The molecule has 5 heteroatoms. The summed E-state index contributed by atoms with van der Waals surface area (Å²) in [7, 11) is 3.41. The van der Waals surface area contributed by atoms with Crippen molar-refractivity contribution in [3.63, 3.8) is 0 Å². The zero-order valence-corrected chi connectivity index (χ0v) is 14.3. The first-order valence-corrected chi connectivity index (χ1v) is 7.94. The molecule has 0 aromatic heterocycles. The van der Waals surface area contributed by atoms with Crippen LogP contribution in [-0.4, -0.2) is 37.4 Å². The average Bonchev–Trinajstić information content (AvgIpc) is 2.60. The van der Waals surface area contributed by atoms with Crippen molar-refractivity contribution >= 4 is 23.2 Å². The van der Waals surface area contributed by atoms with Gasteiger partial charge in [-0.05, 0) is 42.3 Å². The van der Waals surface area contributed by atoms with E-state index in [4.69, 9.17) is 0 Å². The van der Waals surface area contributed by atoms with Crippen LogP contribution in [0.25, 0.3) is 0 Å². The number of amides is 2. The molecule has 0 saturated heterocycles. The zero-order valence-electron chi connectivity index (χ0n) is 14.3. The number of hydrogen-bond acceptors (Lipinski definition) is 3. The van der Waals surface area contributed by atoms with Gasteiger partial charge in [0.25, 0.3) is 5.91 Å². The second-order valence-electron chi connectivity index (χ2n) is 5.69. The number of carbonyl (C=O) groups is 2. The molecule has 2 N–H and O–H groups in total. The Morgan fingerprint density at radius 3 is 2.29 bits per heavy atom. The van der Waals surface area contributed by atoms with Gasteiger partial charge in [-0.2, -0.15) is 0 Å². The van der Waals surface area contributed by atoms with E-state index in [0.717, 1.165) is 12.1 Å². The molecule has 0 unspecified atom stereocenters. The van der Waals surface area contributed by atoms with Gasteiger partial charge in [-0.3, -0.25) is 9.59 Å². The molecule has 0 aliphatic carbocycles. The molecule has 0 atom stereocenters. The van der Waals surface area contributed by atoms with Gasteiger partial charge in [0.1, 0.15) is 0 Å². The van der Waals surface area contributed by atoms with Gasteiger partial charge in [0.2, 0.25) is 5.91 Å². The lowest BCUT2D eigenvalue weighted by Crippen LogP contribution is -2.23. The van der Waals surface area contributed by atoms with Gasteiger partial charge in [0.05, 0.1) is 6.54 Å². The summed E-state index contributed by atoms with van der Waals surface area (Å²) in [6, 6.07) is 14.8. The number of para-hydroxylation sites is 1. The van der Waals surface area contributed by atoms with Crippen LogP contribution in [-0.2, 0) is 11.2 Å². The van der Waals surface area contributed by atoms with E-state index in [-0.39, 0.29) is 18.4 Å². The van der Waals surface area contributed by atoms with Crippen molar-refractivity contribution in [1.82, 2.24) is 4.90 Å². The Hall–Kier alpha value is -2.82. The molecule has 5 nitrogen and oxygen atoms in total. The maximum absolute atomic E-state index is 12.1. The molecule has 0 heterocycles. The average molecular weight is 325 g/mol. The Labute approximate surface area is 142 Å². The van der Waals surface area contributed by atoms with Crippen molar-refractivity contribution in [2.75, 3.05) is 31.3 Å². The van der Waals surface area contributed by atoms with Crippen LogP contribution in [0.2, 0.25) is 0 Å². The normalized spacial score (nSPS) is 10.1. The first-order chi connectivity index (χ1) is 11.5. The topological polar surface area (TPSA) is 61.4 Å². The molecule has 0 radical (unpaired) electrons. The summed E-state index contributed by atoms with van der Waals surface area (Å²) in [5.41, 5.74) is 3.41. The third-order valence-corrected chi connectivity index (χ3v) is 3.66. The number of anilines is 2. The highest BCUT2D eigenvalue weighted by molar-refractivity contribution is 5.96. The van der Waals surface area contributed by atoms with Crippen LogP contribution in [0, 0.1) is 0 Å². The van der Waals surface area contributed by atoms with Crippen LogP contribution >= 0.6 is 0 Å². The van der Waals surface area contributed by atoms with Gasteiger partial charge >= 0.3 is 0 Å². The summed E-state index contributed by atoms with van der Waals surface area (Å²) >= 11 is 0. The number of rotatable bonds is 6. The fourth-order valence-corrected chi connectivity index (χ4v) is 2.34. The van der Waals surface area contributed by atoms with E-state index in [1.807, 2.05) is 24.3 Å². The third-order valence-electron chi connectivity index (χ3n) is 3.66. The van der Waals surface area contributed by atoms with Crippen molar-refractivity contribution in [1.29, 1.82) is 0 Å². The molecule has 0 aliphatic heterocycles. The third kappa shape index (κ3) is 4.59. The van der Waals surface area contributed by atoms with E-state index in [9.17, 15) is 9.59 Å². The lowest BCUT2D eigenvalue weighted by Gasteiger charge is -2.12. The van der Waals surface area contributed by atoms with Crippen molar-refractivity contribution in [2.24, 2.45) is 0 Å². The Morgan fingerprint density at radius 2 is 1.67 bits per heavy atom. The summed E-state index contributed by atoms with van der Waals surface area (Å²) < 4.78 is 0. The van der Waals surface area contributed by atoms with Crippen LogP contribution in [0.1, 0.15) is 22.8 Å². The molecule has 126 valence electrons. The van der Waals surface area contributed by atoms with E-state index < -0.39 is 0 Å². The van der Waals surface area contributed by atoms with Gasteiger partial charge in [-0.15, -0.1) is 0 Å². The van der Waals surface area contributed by atoms with Crippen LogP contribution < -0.4 is 10.6 Å². The number of aryl methyl sites for hydroxylation is 1. The van der Waals surface area contributed by atoms with Crippen LogP contribution in [0.3, 0.4) is 0 Å². The fourth-order valence-electron chi connectivity index (χ4n) is 2.34. The predicted molar refractivity (Wildman–Crippen MR) is 97.4 cm³/mol. The number of nitrogens with zero attached hydrogens (tertiary/aromatic N) is 1. The van der Waals surface area contributed by atoms with E-state index >= 15 is 0 Å². The summed E-state index contributed by atoms with van der Waals surface area (Å²) in [6.45, 7) is 2.27. The van der Waals surface area contributed by atoms with Crippen LogP contribution in [0.4, 0.5) is 11.4 Å². The Morgan fingerprint density at radius 1 is 1.00 bits per heavy atom. The first-order valence-electron chi connectivity index (χ1n) is 7.94. The fraction of sp³-hybridized carbons (Fsp3) is 0.263. The number of benzene rings is 2. The minimum Gasteiger partial charge on any atom is -0.376 e. The second-order valence-corrected chi connectivity index (χ2v) is 5.69. The van der Waals surface area contributed by atoms with E-state index in [1.165, 1.54) is 10.5 Å². The number of nitrogens with one attached hydrogen (secondary N) is 2. The lowest BCUT2D eigenvalue weighted by atomic mass is 10.1. The minimum absolute atomic E-state index is 0.0642. The van der Waals surface area contributed by atoms with E-state index in [1.54, 1.807) is 38.4 Å². The van der Waals surface area contributed by atoms with Crippen molar-refractivity contribution < 1.29 is 9.59 Å². The quantitative estimate of drug-likeness (QED) is 0.858. The molecule has 2 aromatic carbocycles. The smallest absolute Gasteiger partial charge is 0.253 e. The maximum atomic E-state index is 12.1. The zero-order chi connectivity index (χ0) is 17.5. The SMILES string of the molecule is CCc1ccccc1NCC(=O)Nc1ccc(C(=O)N(C)C)cc1. The minimum atomic E-state index is -0.132. The largest absolute Gasteiger partial charge is 0.376 e. The van der Waals surface area contributed by atoms with E-state index in [0.29, 0.717) is 11.3 Å². The maximum Gasteiger partial charge on any atom is 0.253 e. The van der Waals surface area contributed by atoms with Crippen LogP contribution in [0.15, 0.2) is 48.5 Å². The highest BCUT2D eigenvalue weighted by atomic mass is 16.2. The Kier molecular flexibility index (Phi) is 5.95.